The number of nitrogens with zero attached hydrogens (tertiary/aromatic N) is 2. The first-order valence-electron chi connectivity index (χ1n) is 9.11. The molecule has 0 saturated heterocycles. The Balaban J connectivity index is 1.58. The molecule has 1 aromatic heterocycles. The molecule has 1 unspecified atom stereocenters. The average molecular weight is 332 g/mol. The average Bonchev–Trinajstić information content (AvgIpc) is 3.01. The van der Waals surface area contributed by atoms with E-state index in [0.29, 0.717) is 13.1 Å². The lowest BCUT2D eigenvalue weighted by atomic mass is 9.82. The van der Waals surface area contributed by atoms with Crippen molar-refractivity contribution in [2.75, 3.05) is 7.05 Å². The maximum absolute atomic E-state index is 12.4. The maximum Gasteiger partial charge on any atom is 0.224 e. The second kappa shape index (κ2) is 7.36. The summed E-state index contributed by atoms with van der Waals surface area (Å²) in [7, 11) is 1.68. The molecule has 2 amide bonds. The van der Waals surface area contributed by atoms with E-state index in [1.807, 2.05) is 6.20 Å². The van der Waals surface area contributed by atoms with Gasteiger partial charge in [-0.05, 0) is 38.0 Å². The van der Waals surface area contributed by atoms with E-state index in [4.69, 9.17) is 0 Å². The van der Waals surface area contributed by atoms with Crippen molar-refractivity contribution in [3.8, 4) is 0 Å². The Bertz CT molecular complexity index is 602. The summed E-state index contributed by atoms with van der Waals surface area (Å²) in [5, 5.41) is 5.81. The van der Waals surface area contributed by atoms with Crippen molar-refractivity contribution in [3.05, 3.63) is 17.7 Å². The van der Waals surface area contributed by atoms with Crippen LogP contribution in [0.5, 0.6) is 0 Å². The largest absolute Gasteiger partial charge is 0.359 e. The number of fused-ring (bicyclic) bond motifs is 1. The Morgan fingerprint density at radius 3 is 2.62 bits per heavy atom. The van der Waals surface area contributed by atoms with Gasteiger partial charge in [0.15, 0.2) is 0 Å². The van der Waals surface area contributed by atoms with E-state index in [0.717, 1.165) is 56.0 Å². The van der Waals surface area contributed by atoms with Crippen LogP contribution in [0.1, 0.15) is 50.5 Å². The standard InChI is InChI=1S/C18H28N4O2/c1-12-3-5-13(6-4-12)18(24)21-10-15-9-20-16-8-7-14(11-22(15)16)17(23)19-2/h9,12-14H,3-8,10-11H2,1-2H3,(H,19,23)(H,21,24). The summed E-state index contributed by atoms with van der Waals surface area (Å²) in [5.41, 5.74) is 0.996. The molecule has 1 saturated carbocycles. The maximum atomic E-state index is 12.4. The zero-order chi connectivity index (χ0) is 17.1. The van der Waals surface area contributed by atoms with E-state index in [1.54, 1.807) is 7.05 Å². The minimum atomic E-state index is -0.00835. The highest BCUT2D eigenvalue weighted by Crippen LogP contribution is 2.28. The Hall–Kier alpha value is -1.85. The predicted molar refractivity (Wildman–Crippen MR) is 91.1 cm³/mol. The normalized spacial score (nSPS) is 26.5. The van der Waals surface area contributed by atoms with Gasteiger partial charge in [-0.2, -0.15) is 0 Å². The first kappa shape index (κ1) is 17.0. The van der Waals surface area contributed by atoms with Crippen LogP contribution in [0.2, 0.25) is 0 Å². The second-order valence-electron chi connectivity index (χ2n) is 7.30. The Labute approximate surface area is 143 Å². The van der Waals surface area contributed by atoms with E-state index in [-0.39, 0.29) is 23.7 Å². The minimum Gasteiger partial charge on any atom is -0.359 e. The minimum absolute atomic E-state index is 0.00835. The zero-order valence-electron chi connectivity index (χ0n) is 14.7. The number of hydrogen-bond acceptors (Lipinski definition) is 3. The zero-order valence-corrected chi connectivity index (χ0v) is 14.7. The smallest absolute Gasteiger partial charge is 0.224 e. The van der Waals surface area contributed by atoms with Crippen LogP contribution in [-0.4, -0.2) is 28.4 Å². The van der Waals surface area contributed by atoms with Crippen LogP contribution in [0.4, 0.5) is 0 Å². The highest BCUT2D eigenvalue weighted by atomic mass is 16.2. The number of hydrogen-bond donors (Lipinski definition) is 2. The van der Waals surface area contributed by atoms with Gasteiger partial charge in [-0.1, -0.05) is 6.92 Å². The monoisotopic (exact) mass is 332 g/mol. The quantitative estimate of drug-likeness (QED) is 0.880. The Morgan fingerprint density at radius 2 is 1.92 bits per heavy atom. The summed E-state index contributed by atoms with van der Waals surface area (Å²) >= 11 is 0. The molecule has 1 fully saturated rings. The molecule has 0 aromatic carbocycles. The molecule has 0 radical (unpaired) electrons. The molecule has 132 valence electrons. The number of nitrogens with one attached hydrogen (secondary N) is 2. The Kier molecular flexibility index (Phi) is 5.21. The van der Waals surface area contributed by atoms with Crippen molar-refractivity contribution in [1.29, 1.82) is 0 Å². The SMILES string of the molecule is CNC(=O)C1CCc2ncc(CNC(=O)C3CCC(C)CC3)n2C1. The molecule has 2 N–H and O–H groups in total. The van der Waals surface area contributed by atoms with E-state index in [1.165, 1.54) is 0 Å². The van der Waals surface area contributed by atoms with Gasteiger partial charge in [0, 0.05) is 25.9 Å². The Morgan fingerprint density at radius 1 is 1.17 bits per heavy atom. The molecule has 24 heavy (non-hydrogen) atoms. The summed E-state index contributed by atoms with van der Waals surface area (Å²) in [5.74, 6) is 2.16. The summed E-state index contributed by atoms with van der Waals surface area (Å²) in [4.78, 5) is 28.7. The molecule has 1 aromatic rings. The molecule has 2 aliphatic rings. The summed E-state index contributed by atoms with van der Waals surface area (Å²) < 4.78 is 2.10. The third-order valence-electron chi connectivity index (χ3n) is 5.59. The van der Waals surface area contributed by atoms with Gasteiger partial charge in [-0.15, -0.1) is 0 Å². The van der Waals surface area contributed by atoms with E-state index < -0.39 is 0 Å². The van der Waals surface area contributed by atoms with Crippen molar-refractivity contribution in [2.24, 2.45) is 17.8 Å². The molecule has 6 nitrogen and oxygen atoms in total. The topological polar surface area (TPSA) is 76.0 Å². The molecule has 2 heterocycles. The van der Waals surface area contributed by atoms with Crippen molar-refractivity contribution < 1.29 is 9.59 Å². The third-order valence-corrected chi connectivity index (χ3v) is 5.59. The predicted octanol–water partition coefficient (Wildman–Crippen LogP) is 1.63. The number of carbonyl (C=O) groups excluding carboxylic acids is 2. The molecular weight excluding hydrogens is 304 g/mol. The number of aromatic nitrogens is 2. The number of rotatable bonds is 4. The van der Waals surface area contributed by atoms with Crippen LogP contribution >= 0.6 is 0 Å². The van der Waals surface area contributed by atoms with Gasteiger partial charge < -0.3 is 15.2 Å². The number of imidazole rings is 1. The van der Waals surface area contributed by atoms with E-state index in [9.17, 15) is 9.59 Å². The van der Waals surface area contributed by atoms with E-state index in [2.05, 4.69) is 27.1 Å². The van der Waals surface area contributed by atoms with Gasteiger partial charge >= 0.3 is 0 Å². The fourth-order valence-corrected chi connectivity index (χ4v) is 3.89. The molecule has 0 spiro atoms. The van der Waals surface area contributed by atoms with Gasteiger partial charge in [0.2, 0.25) is 11.8 Å². The molecule has 1 atom stereocenters. The number of amides is 2. The van der Waals surface area contributed by atoms with Crippen LogP contribution in [-0.2, 0) is 29.1 Å². The van der Waals surface area contributed by atoms with Gasteiger partial charge in [-0.3, -0.25) is 9.59 Å². The number of carbonyl (C=O) groups is 2. The first-order valence-corrected chi connectivity index (χ1v) is 9.11. The van der Waals surface area contributed by atoms with Crippen LogP contribution < -0.4 is 10.6 Å². The molecule has 6 heteroatoms. The fourth-order valence-electron chi connectivity index (χ4n) is 3.89. The first-order chi connectivity index (χ1) is 11.6. The van der Waals surface area contributed by atoms with Gasteiger partial charge in [-0.25, -0.2) is 4.98 Å². The van der Waals surface area contributed by atoms with Crippen molar-refractivity contribution >= 4 is 11.8 Å². The van der Waals surface area contributed by atoms with Gasteiger partial charge in [0.25, 0.3) is 0 Å². The lowest BCUT2D eigenvalue weighted by Gasteiger charge is -2.26. The third kappa shape index (κ3) is 3.62. The van der Waals surface area contributed by atoms with Crippen molar-refractivity contribution in [2.45, 2.75) is 58.5 Å². The van der Waals surface area contributed by atoms with Gasteiger partial charge in [0.1, 0.15) is 5.82 Å². The van der Waals surface area contributed by atoms with Crippen LogP contribution in [0, 0.1) is 17.8 Å². The van der Waals surface area contributed by atoms with Gasteiger partial charge in [0.05, 0.1) is 24.4 Å². The summed E-state index contributed by atoms with van der Waals surface area (Å²) in [6, 6.07) is 0. The van der Waals surface area contributed by atoms with E-state index >= 15 is 0 Å². The van der Waals surface area contributed by atoms with Crippen molar-refractivity contribution in [3.63, 3.8) is 0 Å². The molecular formula is C18H28N4O2. The highest BCUT2D eigenvalue weighted by molar-refractivity contribution is 5.79. The molecule has 0 bridgehead atoms. The highest BCUT2D eigenvalue weighted by Gasteiger charge is 2.27. The fraction of sp³-hybridized carbons (Fsp3) is 0.722. The second-order valence-corrected chi connectivity index (χ2v) is 7.30. The van der Waals surface area contributed by atoms with Crippen LogP contribution in [0.25, 0.3) is 0 Å². The van der Waals surface area contributed by atoms with Crippen LogP contribution in [0.15, 0.2) is 6.20 Å². The number of aryl methyl sites for hydroxylation is 1. The molecule has 3 rings (SSSR count). The summed E-state index contributed by atoms with van der Waals surface area (Å²) in [6.45, 7) is 3.41. The van der Waals surface area contributed by atoms with Crippen LogP contribution in [0.3, 0.4) is 0 Å². The summed E-state index contributed by atoms with van der Waals surface area (Å²) in [6.07, 6.45) is 7.77. The lowest BCUT2D eigenvalue weighted by Crippen LogP contribution is -2.36. The molecule has 1 aliphatic heterocycles. The lowest BCUT2D eigenvalue weighted by molar-refractivity contribution is -0.127. The van der Waals surface area contributed by atoms with Crippen molar-refractivity contribution in [1.82, 2.24) is 20.2 Å². The molecule has 1 aliphatic carbocycles.